The van der Waals surface area contributed by atoms with Crippen LogP contribution in [-0.4, -0.2) is 16.1 Å². The van der Waals surface area contributed by atoms with Gasteiger partial charge >= 0.3 is 0 Å². The second kappa shape index (κ2) is 5.48. The van der Waals surface area contributed by atoms with Crippen molar-refractivity contribution in [3.63, 3.8) is 0 Å². The highest BCUT2D eigenvalue weighted by Gasteiger charge is 2.07. The van der Waals surface area contributed by atoms with Crippen LogP contribution in [0.2, 0.25) is 0 Å². The summed E-state index contributed by atoms with van der Waals surface area (Å²) in [4.78, 5) is 4.18. The van der Waals surface area contributed by atoms with E-state index in [9.17, 15) is 5.26 Å². The van der Waals surface area contributed by atoms with Crippen LogP contribution in [0, 0.1) is 18.3 Å². The summed E-state index contributed by atoms with van der Waals surface area (Å²) in [6, 6.07) is 8.19. The third-order valence-electron chi connectivity index (χ3n) is 2.85. The smallest absolute Gasteiger partial charge is 0.110 e. The van der Waals surface area contributed by atoms with E-state index in [1.54, 1.807) is 6.20 Å². The molecule has 0 unspecified atom stereocenters. The number of hydrogen-bond donors (Lipinski definition) is 1. The predicted octanol–water partition coefficient (Wildman–Crippen LogP) is 2.16. The largest absolute Gasteiger partial charge is 0.313 e. The lowest BCUT2D eigenvalue weighted by Gasteiger charge is -2.09. The van der Waals surface area contributed by atoms with Gasteiger partial charge in [-0.1, -0.05) is 13.0 Å². The summed E-state index contributed by atoms with van der Waals surface area (Å²) in [6.07, 6.45) is 3.61. The van der Waals surface area contributed by atoms with Crippen LogP contribution in [0.15, 0.2) is 30.6 Å². The molecule has 4 heteroatoms. The number of aromatic nitrogens is 2. The van der Waals surface area contributed by atoms with Gasteiger partial charge in [0.2, 0.25) is 0 Å². The number of benzene rings is 1. The fraction of sp³-hybridized carbons (Fsp3) is 0.286. The minimum Gasteiger partial charge on any atom is -0.313 e. The van der Waals surface area contributed by atoms with E-state index in [-0.39, 0.29) is 0 Å². The van der Waals surface area contributed by atoms with Crippen molar-refractivity contribution in [1.29, 1.82) is 5.26 Å². The molecule has 2 rings (SSSR count). The zero-order chi connectivity index (χ0) is 13.0. The molecule has 1 heterocycles. The Hall–Kier alpha value is -2.12. The van der Waals surface area contributed by atoms with Crippen LogP contribution in [0.4, 0.5) is 0 Å². The third kappa shape index (κ3) is 2.41. The van der Waals surface area contributed by atoms with Crippen LogP contribution in [0.25, 0.3) is 5.69 Å². The quantitative estimate of drug-likeness (QED) is 0.891. The maximum absolute atomic E-state index is 9.25. The molecule has 1 aromatic heterocycles. The van der Waals surface area contributed by atoms with Crippen molar-refractivity contribution in [2.45, 2.75) is 20.4 Å². The first-order chi connectivity index (χ1) is 8.76. The highest BCUT2D eigenvalue weighted by atomic mass is 15.1. The van der Waals surface area contributed by atoms with E-state index in [0.717, 1.165) is 30.2 Å². The van der Waals surface area contributed by atoms with Crippen LogP contribution >= 0.6 is 0 Å². The Balaban J connectivity index is 2.39. The summed E-state index contributed by atoms with van der Waals surface area (Å²) in [6.45, 7) is 5.70. The molecule has 2 aromatic rings. The van der Waals surface area contributed by atoms with Gasteiger partial charge in [0.15, 0.2) is 0 Å². The van der Waals surface area contributed by atoms with Crippen LogP contribution in [-0.2, 0) is 6.54 Å². The molecule has 0 fully saturated rings. The van der Waals surface area contributed by atoms with Gasteiger partial charge in [-0.25, -0.2) is 4.98 Å². The van der Waals surface area contributed by atoms with Gasteiger partial charge < -0.3 is 9.88 Å². The molecule has 1 N–H and O–H groups in total. The Morgan fingerprint density at radius 3 is 2.89 bits per heavy atom. The lowest BCUT2D eigenvalue weighted by molar-refractivity contribution is 0.726. The van der Waals surface area contributed by atoms with Crippen LogP contribution < -0.4 is 5.32 Å². The summed E-state index contributed by atoms with van der Waals surface area (Å²) in [5.41, 5.74) is 2.68. The molecule has 0 radical (unpaired) electrons. The van der Waals surface area contributed by atoms with Crippen LogP contribution in [0.5, 0.6) is 0 Å². The highest BCUT2D eigenvalue weighted by Crippen LogP contribution is 2.17. The molecule has 0 amide bonds. The van der Waals surface area contributed by atoms with E-state index < -0.39 is 0 Å². The van der Waals surface area contributed by atoms with Crippen LogP contribution in [0.1, 0.15) is 23.9 Å². The molecule has 0 spiro atoms. The normalized spacial score (nSPS) is 10.3. The molecule has 0 saturated carbocycles. The zero-order valence-electron chi connectivity index (χ0n) is 10.6. The maximum atomic E-state index is 9.25. The number of aryl methyl sites for hydroxylation is 1. The molecule has 0 aliphatic carbocycles. The summed E-state index contributed by atoms with van der Waals surface area (Å²) >= 11 is 0. The Kier molecular flexibility index (Phi) is 3.75. The predicted molar refractivity (Wildman–Crippen MR) is 70.4 cm³/mol. The van der Waals surface area contributed by atoms with Crippen molar-refractivity contribution < 1.29 is 0 Å². The molecule has 0 atom stereocenters. The molecule has 1 aromatic carbocycles. The molecule has 18 heavy (non-hydrogen) atoms. The Morgan fingerprint density at radius 2 is 2.28 bits per heavy atom. The van der Waals surface area contributed by atoms with Gasteiger partial charge in [-0.05, 0) is 31.2 Å². The first-order valence-electron chi connectivity index (χ1n) is 6.00. The number of nitrogens with one attached hydrogen (secondary N) is 1. The molecule has 92 valence electrons. The van der Waals surface area contributed by atoms with Gasteiger partial charge in [0, 0.05) is 18.9 Å². The van der Waals surface area contributed by atoms with E-state index in [0.29, 0.717) is 5.56 Å². The van der Waals surface area contributed by atoms with Crippen molar-refractivity contribution in [1.82, 2.24) is 14.9 Å². The monoisotopic (exact) mass is 240 g/mol. The van der Waals surface area contributed by atoms with Gasteiger partial charge in [-0.15, -0.1) is 0 Å². The first-order valence-corrected chi connectivity index (χ1v) is 6.00. The number of hydrogen-bond acceptors (Lipinski definition) is 3. The van der Waals surface area contributed by atoms with E-state index in [4.69, 9.17) is 0 Å². The number of nitriles is 1. The molecule has 0 saturated heterocycles. The second-order valence-corrected chi connectivity index (χ2v) is 4.09. The van der Waals surface area contributed by atoms with Crippen LogP contribution in [0.3, 0.4) is 0 Å². The average molecular weight is 240 g/mol. The molecular formula is C14H16N4. The average Bonchev–Trinajstić information content (AvgIpc) is 2.82. The summed E-state index contributed by atoms with van der Waals surface area (Å²) in [7, 11) is 0. The van der Waals surface area contributed by atoms with Crippen molar-refractivity contribution >= 4 is 0 Å². The zero-order valence-corrected chi connectivity index (χ0v) is 10.6. The van der Waals surface area contributed by atoms with Crippen molar-refractivity contribution in [2.75, 3.05) is 6.54 Å². The summed E-state index contributed by atoms with van der Waals surface area (Å²) in [5.74, 6) is 0.880. The minimum atomic E-state index is 0.673. The maximum Gasteiger partial charge on any atom is 0.110 e. The Bertz CT molecular complexity index is 578. The van der Waals surface area contributed by atoms with Gasteiger partial charge in [-0.2, -0.15) is 5.26 Å². The third-order valence-corrected chi connectivity index (χ3v) is 2.85. The molecule has 0 aliphatic heterocycles. The lowest BCUT2D eigenvalue weighted by Crippen LogP contribution is -2.12. The minimum absolute atomic E-state index is 0.673. The Morgan fingerprint density at radius 1 is 1.44 bits per heavy atom. The van der Waals surface area contributed by atoms with Gasteiger partial charge in [0.05, 0.1) is 11.3 Å². The van der Waals surface area contributed by atoms with Gasteiger partial charge in [0.25, 0.3) is 0 Å². The molecule has 4 nitrogen and oxygen atoms in total. The van der Waals surface area contributed by atoms with E-state index >= 15 is 0 Å². The topological polar surface area (TPSA) is 53.6 Å². The van der Waals surface area contributed by atoms with E-state index in [1.165, 1.54) is 0 Å². The van der Waals surface area contributed by atoms with E-state index in [2.05, 4.69) is 23.3 Å². The lowest BCUT2D eigenvalue weighted by atomic mass is 10.1. The number of rotatable bonds is 4. The Labute approximate surface area is 107 Å². The SMILES string of the molecule is CCNCc1ccc(-n2ccnc2C)c(C#N)c1. The number of imidazole rings is 1. The van der Waals surface area contributed by atoms with Crippen molar-refractivity contribution in [3.05, 3.63) is 47.5 Å². The fourth-order valence-electron chi connectivity index (χ4n) is 1.89. The van der Waals surface area contributed by atoms with Gasteiger partial charge in [-0.3, -0.25) is 0 Å². The van der Waals surface area contributed by atoms with Crippen molar-refractivity contribution in [2.24, 2.45) is 0 Å². The summed E-state index contributed by atoms with van der Waals surface area (Å²) < 4.78 is 1.93. The number of nitrogens with zero attached hydrogens (tertiary/aromatic N) is 3. The highest BCUT2D eigenvalue weighted by molar-refractivity contribution is 5.51. The molecular weight excluding hydrogens is 224 g/mol. The standard InChI is InChI=1S/C14H16N4/c1-3-16-10-12-4-5-14(13(8-12)9-15)18-7-6-17-11(18)2/h4-8,16H,3,10H2,1-2H3. The van der Waals surface area contributed by atoms with E-state index in [1.807, 2.05) is 35.9 Å². The van der Waals surface area contributed by atoms with Gasteiger partial charge in [0.1, 0.15) is 11.9 Å². The fourth-order valence-corrected chi connectivity index (χ4v) is 1.89. The first kappa shape index (κ1) is 12.3. The summed E-state index contributed by atoms with van der Waals surface area (Å²) in [5, 5.41) is 12.5. The molecule has 0 aliphatic rings. The van der Waals surface area contributed by atoms with Crippen molar-refractivity contribution in [3.8, 4) is 11.8 Å². The second-order valence-electron chi connectivity index (χ2n) is 4.09. The molecule has 0 bridgehead atoms.